The van der Waals surface area contributed by atoms with Gasteiger partial charge in [-0.3, -0.25) is 0 Å². The molecular formula is C17H19ClFNO. The van der Waals surface area contributed by atoms with Crippen LogP contribution in [0.1, 0.15) is 30.5 Å². The molecule has 0 heterocycles. The van der Waals surface area contributed by atoms with Gasteiger partial charge in [0.2, 0.25) is 0 Å². The zero-order chi connectivity index (χ0) is 15.2. The van der Waals surface area contributed by atoms with Gasteiger partial charge in [0.15, 0.2) is 0 Å². The molecule has 0 aromatic heterocycles. The molecule has 0 aliphatic heterocycles. The summed E-state index contributed by atoms with van der Waals surface area (Å²) in [5.41, 5.74) is 7.62. The second kappa shape index (κ2) is 7.43. The highest BCUT2D eigenvalue weighted by Crippen LogP contribution is 2.24. The predicted molar refractivity (Wildman–Crippen MR) is 84.3 cm³/mol. The van der Waals surface area contributed by atoms with E-state index in [1.54, 1.807) is 12.1 Å². The van der Waals surface area contributed by atoms with Crippen molar-refractivity contribution < 1.29 is 9.13 Å². The molecule has 0 bridgehead atoms. The van der Waals surface area contributed by atoms with Gasteiger partial charge in [0.1, 0.15) is 11.6 Å². The molecule has 112 valence electrons. The van der Waals surface area contributed by atoms with Crippen molar-refractivity contribution in [2.45, 2.75) is 25.8 Å². The summed E-state index contributed by atoms with van der Waals surface area (Å²) in [6, 6.07) is 12.3. The third kappa shape index (κ3) is 4.19. The molecule has 0 fully saturated rings. The molecule has 2 aromatic carbocycles. The van der Waals surface area contributed by atoms with E-state index in [4.69, 9.17) is 22.1 Å². The molecule has 1 atom stereocenters. The molecule has 21 heavy (non-hydrogen) atoms. The van der Waals surface area contributed by atoms with E-state index in [1.165, 1.54) is 6.07 Å². The van der Waals surface area contributed by atoms with Crippen LogP contribution < -0.4 is 10.5 Å². The normalized spacial score (nSPS) is 12.2. The lowest BCUT2D eigenvalue weighted by Crippen LogP contribution is -2.14. The lowest BCUT2D eigenvalue weighted by atomic mass is 9.99. The zero-order valence-electron chi connectivity index (χ0n) is 12.0. The summed E-state index contributed by atoms with van der Waals surface area (Å²) in [6.45, 7) is 2.75. The van der Waals surface area contributed by atoms with Crippen molar-refractivity contribution in [1.82, 2.24) is 0 Å². The van der Waals surface area contributed by atoms with E-state index in [0.717, 1.165) is 17.7 Å². The maximum Gasteiger partial charge on any atom is 0.145 e. The van der Waals surface area contributed by atoms with Crippen LogP contribution in [0.3, 0.4) is 0 Å². The van der Waals surface area contributed by atoms with E-state index in [0.29, 0.717) is 18.6 Å². The molecule has 1 unspecified atom stereocenters. The fraction of sp³-hybridized carbons (Fsp3) is 0.294. The molecule has 2 aromatic rings. The Hall–Kier alpha value is -1.58. The number of nitrogens with two attached hydrogens (primary N) is 1. The smallest absolute Gasteiger partial charge is 0.145 e. The van der Waals surface area contributed by atoms with Gasteiger partial charge in [-0.15, -0.1) is 0 Å². The Balaban J connectivity index is 2.06. The van der Waals surface area contributed by atoms with Crippen LogP contribution in [-0.4, -0.2) is 6.61 Å². The van der Waals surface area contributed by atoms with Crippen LogP contribution in [0.5, 0.6) is 5.75 Å². The van der Waals surface area contributed by atoms with Crippen LogP contribution in [0.4, 0.5) is 4.39 Å². The largest absolute Gasteiger partial charge is 0.494 e. The van der Waals surface area contributed by atoms with Crippen LogP contribution >= 0.6 is 11.6 Å². The van der Waals surface area contributed by atoms with Crippen molar-refractivity contribution >= 4 is 11.6 Å². The highest BCUT2D eigenvalue weighted by molar-refractivity contribution is 6.30. The van der Waals surface area contributed by atoms with E-state index in [1.807, 2.05) is 24.3 Å². The summed E-state index contributed by atoms with van der Waals surface area (Å²) < 4.78 is 19.4. The van der Waals surface area contributed by atoms with Crippen molar-refractivity contribution in [3.8, 4) is 5.75 Å². The summed E-state index contributed by atoms with van der Waals surface area (Å²) in [5, 5.41) is 0.128. The van der Waals surface area contributed by atoms with Crippen LogP contribution in [0.15, 0.2) is 42.5 Å². The average Bonchev–Trinajstić information content (AvgIpc) is 2.50. The second-order valence-corrected chi connectivity index (χ2v) is 5.35. The molecule has 2 nitrogen and oxygen atoms in total. The third-order valence-corrected chi connectivity index (χ3v) is 3.54. The molecule has 4 heteroatoms. The Morgan fingerprint density at radius 3 is 2.57 bits per heavy atom. The monoisotopic (exact) mass is 307 g/mol. The lowest BCUT2D eigenvalue weighted by Gasteiger charge is -2.14. The molecule has 2 rings (SSSR count). The number of hydrogen-bond acceptors (Lipinski definition) is 2. The lowest BCUT2D eigenvalue weighted by molar-refractivity contribution is 0.317. The van der Waals surface area contributed by atoms with E-state index >= 15 is 0 Å². The van der Waals surface area contributed by atoms with Gasteiger partial charge < -0.3 is 10.5 Å². The van der Waals surface area contributed by atoms with Crippen molar-refractivity contribution in [3.05, 3.63) is 64.4 Å². The van der Waals surface area contributed by atoms with E-state index < -0.39 is 5.82 Å². The van der Waals surface area contributed by atoms with Crippen molar-refractivity contribution in [2.24, 2.45) is 5.73 Å². The van der Waals surface area contributed by atoms with Gasteiger partial charge in [0, 0.05) is 6.04 Å². The van der Waals surface area contributed by atoms with Crippen molar-refractivity contribution in [2.75, 3.05) is 6.61 Å². The molecule has 0 saturated carbocycles. The van der Waals surface area contributed by atoms with E-state index in [9.17, 15) is 4.39 Å². The SMILES string of the molecule is CCCOc1ccc(C(N)Cc2cccc(Cl)c2F)cc1. The molecule has 0 amide bonds. The average molecular weight is 308 g/mol. The highest BCUT2D eigenvalue weighted by Gasteiger charge is 2.12. The first-order valence-corrected chi connectivity index (χ1v) is 7.41. The van der Waals surface area contributed by atoms with Gasteiger partial charge in [0.05, 0.1) is 11.6 Å². The molecule has 0 radical (unpaired) electrons. The molecule has 0 aliphatic rings. The molecule has 0 spiro atoms. The topological polar surface area (TPSA) is 35.2 Å². The molecule has 2 N–H and O–H groups in total. The summed E-state index contributed by atoms with van der Waals surface area (Å²) in [6.07, 6.45) is 1.37. The quantitative estimate of drug-likeness (QED) is 0.852. The minimum absolute atomic E-state index is 0.128. The van der Waals surface area contributed by atoms with E-state index in [-0.39, 0.29) is 11.1 Å². The first-order chi connectivity index (χ1) is 10.1. The van der Waals surface area contributed by atoms with Gasteiger partial charge in [-0.05, 0) is 42.2 Å². The number of ether oxygens (including phenoxy) is 1. The maximum atomic E-state index is 13.9. The molecule has 0 saturated heterocycles. The van der Waals surface area contributed by atoms with Crippen molar-refractivity contribution in [3.63, 3.8) is 0 Å². The summed E-state index contributed by atoms with van der Waals surface area (Å²) in [7, 11) is 0. The Bertz CT molecular complexity index is 586. The number of benzene rings is 2. The zero-order valence-corrected chi connectivity index (χ0v) is 12.7. The summed E-state index contributed by atoms with van der Waals surface area (Å²) in [4.78, 5) is 0. The van der Waals surface area contributed by atoms with Crippen LogP contribution in [-0.2, 0) is 6.42 Å². The Morgan fingerprint density at radius 2 is 1.90 bits per heavy atom. The van der Waals surface area contributed by atoms with E-state index in [2.05, 4.69) is 6.92 Å². The van der Waals surface area contributed by atoms with Gasteiger partial charge in [-0.25, -0.2) is 4.39 Å². The first-order valence-electron chi connectivity index (χ1n) is 7.03. The minimum atomic E-state index is -0.391. The Kier molecular flexibility index (Phi) is 5.59. The van der Waals surface area contributed by atoms with Crippen molar-refractivity contribution in [1.29, 1.82) is 0 Å². The Labute approximate surface area is 129 Å². The van der Waals surface area contributed by atoms with Gasteiger partial charge in [0.25, 0.3) is 0 Å². The standard InChI is InChI=1S/C17H19ClFNO/c1-2-10-21-14-8-6-12(7-9-14)16(20)11-13-4-3-5-15(18)17(13)19/h3-9,16H,2,10-11,20H2,1H3. The second-order valence-electron chi connectivity index (χ2n) is 4.94. The molecule has 0 aliphatic carbocycles. The van der Waals surface area contributed by atoms with Crippen LogP contribution in [0.25, 0.3) is 0 Å². The highest BCUT2D eigenvalue weighted by atomic mass is 35.5. The van der Waals surface area contributed by atoms with Gasteiger partial charge >= 0.3 is 0 Å². The summed E-state index contributed by atoms with van der Waals surface area (Å²) in [5.74, 6) is 0.430. The van der Waals surface area contributed by atoms with Gasteiger partial charge in [-0.2, -0.15) is 0 Å². The Morgan fingerprint density at radius 1 is 1.19 bits per heavy atom. The van der Waals surface area contributed by atoms with Crippen LogP contribution in [0.2, 0.25) is 5.02 Å². The minimum Gasteiger partial charge on any atom is -0.494 e. The summed E-state index contributed by atoms with van der Waals surface area (Å²) >= 11 is 5.78. The number of hydrogen-bond donors (Lipinski definition) is 1. The maximum absolute atomic E-state index is 13.9. The first kappa shape index (κ1) is 15.8. The third-order valence-electron chi connectivity index (χ3n) is 3.25. The van der Waals surface area contributed by atoms with Gasteiger partial charge in [-0.1, -0.05) is 42.8 Å². The number of halogens is 2. The predicted octanol–water partition coefficient (Wildman–Crippen LogP) is 4.51. The molecular weight excluding hydrogens is 289 g/mol. The van der Waals surface area contributed by atoms with Crippen LogP contribution in [0, 0.1) is 5.82 Å². The number of rotatable bonds is 6. The fourth-order valence-corrected chi connectivity index (χ4v) is 2.29. The fourth-order valence-electron chi connectivity index (χ4n) is 2.09.